The molecule has 0 aromatic heterocycles. The van der Waals surface area contributed by atoms with Crippen molar-refractivity contribution < 1.29 is 13.2 Å². The zero-order valence-corrected chi connectivity index (χ0v) is 20.0. The number of rotatable bonds is 5. The summed E-state index contributed by atoms with van der Waals surface area (Å²) in [6.45, 7) is 3.30. The summed E-state index contributed by atoms with van der Waals surface area (Å²) < 4.78 is 26.0. The summed E-state index contributed by atoms with van der Waals surface area (Å²) in [5, 5.41) is 3.92. The van der Waals surface area contributed by atoms with Gasteiger partial charge in [-0.2, -0.15) is 0 Å². The predicted octanol–water partition coefficient (Wildman–Crippen LogP) is 3.33. The molecule has 32 heavy (non-hydrogen) atoms. The van der Waals surface area contributed by atoms with Gasteiger partial charge < -0.3 is 5.32 Å². The van der Waals surface area contributed by atoms with Crippen molar-refractivity contribution in [1.29, 1.82) is 0 Å². The molecular weight excluding hydrogens is 448 g/mol. The summed E-state index contributed by atoms with van der Waals surface area (Å²) in [5.74, 6) is 0. The zero-order valence-electron chi connectivity index (χ0n) is 18.4. The highest BCUT2D eigenvalue weighted by Gasteiger charge is 2.29. The number of carbonyl (C=O) groups is 1. The van der Waals surface area contributed by atoms with E-state index in [0.29, 0.717) is 13.0 Å². The van der Waals surface area contributed by atoms with Gasteiger partial charge in [-0.15, -0.1) is 0 Å². The molecule has 2 amide bonds. The van der Waals surface area contributed by atoms with E-state index in [1.54, 1.807) is 23.1 Å². The highest BCUT2D eigenvalue weighted by Crippen LogP contribution is 2.31. The van der Waals surface area contributed by atoms with Crippen LogP contribution in [0.1, 0.15) is 24.0 Å². The molecule has 0 aliphatic carbocycles. The number of benzene rings is 2. The third kappa shape index (κ3) is 4.93. The van der Waals surface area contributed by atoms with E-state index in [2.05, 4.69) is 22.3 Å². The molecule has 2 aliphatic rings. The van der Waals surface area contributed by atoms with Crippen LogP contribution in [0, 0.1) is 0 Å². The third-order valence-corrected chi connectivity index (χ3v) is 8.27. The molecule has 0 atom stereocenters. The lowest BCUT2D eigenvalue weighted by Crippen LogP contribution is -2.48. The lowest BCUT2D eigenvalue weighted by molar-refractivity contribution is 0.188. The normalized spacial score (nSPS) is 17.6. The number of piperidine rings is 1. The fourth-order valence-electron chi connectivity index (χ4n) is 4.30. The molecule has 1 fully saturated rings. The number of likely N-dealkylation sites (tertiary alicyclic amines) is 1. The van der Waals surface area contributed by atoms with Gasteiger partial charge in [0.05, 0.1) is 4.90 Å². The first kappa shape index (κ1) is 23.0. The Morgan fingerprint density at radius 3 is 2.44 bits per heavy atom. The molecule has 2 heterocycles. The van der Waals surface area contributed by atoms with Gasteiger partial charge in [-0.3, -0.25) is 9.80 Å². The molecule has 0 unspecified atom stereocenters. The summed E-state index contributed by atoms with van der Waals surface area (Å²) in [6, 6.07) is 13.0. The maximum absolute atomic E-state index is 12.9. The van der Waals surface area contributed by atoms with E-state index in [9.17, 15) is 13.2 Å². The maximum atomic E-state index is 12.9. The number of halogens is 1. The Labute approximate surface area is 195 Å². The van der Waals surface area contributed by atoms with Gasteiger partial charge in [0.1, 0.15) is 0 Å². The van der Waals surface area contributed by atoms with Crippen LogP contribution >= 0.6 is 11.6 Å². The van der Waals surface area contributed by atoms with E-state index in [1.807, 2.05) is 12.1 Å². The van der Waals surface area contributed by atoms with Crippen LogP contribution in [0.2, 0.25) is 5.02 Å². The highest BCUT2D eigenvalue weighted by atomic mass is 35.5. The van der Waals surface area contributed by atoms with Gasteiger partial charge in [0, 0.05) is 57.0 Å². The van der Waals surface area contributed by atoms with Gasteiger partial charge in [0.15, 0.2) is 0 Å². The Bertz CT molecular complexity index is 1080. The van der Waals surface area contributed by atoms with E-state index in [1.165, 1.54) is 24.0 Å². The van der Waals surface area contributed by atoms with Crippen molar-refractivity contribution >= 4 is 33.3 Å². The maximum Gasteiger partial charge on any atom is 0.322 e. The van der Waals surface area contributed by atoms with Crippen LogP contribution in [0.3, 0.4) is 0 Å². The average molecular weight is 477 g/mol. The van der Waals surface area contributed by atoms with Gasteiger partial charge in [-0.1, -0.05) is 23.7 Å². The number of amides is 2. The molecule has 4 rings (SSSR count). The second-order valence-electron chi connectivity index (χ2n) is 8.61. The number of anilines is 1. The minimum Gasteiger partial charge on any atom is -0.335 e. The van der Waals surface area contributed by atoms with Crippen LogP contribution in [-0.4, -0.2) is 63.4 Å². The van der Waals surface area contributed by atoms with Gasteiger partial charge in [0.25, 0.3) is 0 Å². The number of fused-ring (bicyclic) bond motifs is 1. The largest absolute Gasteiger partial charge is 0.335 e. The highest BCUT2D eigenvalue weighted by molar-refractivity contribution is 7.89. The lowest BCUT2D eigenvalue weighted by atomic mass is 10.0. The van der Waals surface area contributed by atoms with Gasteiger partial charge in [-0.05, 0) is 60.7 Å². The first-order valence-electron chi connectivity index (χ1n) is 10.8. The molecule has 1 N–H and O–H groups in total. The van der Waals surface area contributed by atoms with Crippen molar-refractivity contribution in [3.05, 3.63) is 58.6 Å². The van der Waals surface area contributed by atoms with Crippen molar-refractivity contribution in [2.75, 3.05) is 38.6 Å². The Morgan fingerprint density at radius 2 is 1.78 bits per heavy atom. The Balaban J connectivity index is 1.33. The summed E-state index contributed by atoms with van der Waals surface area (Å²) in [4.78, 5) is 17.3. The number of hydrogen-bond acceptors (Lipinski definition) is 4. The molecule has 0 radical (unpaired) electrons. The van der Waals surface area contributed by atoms with Crippen molar-refractivity contribution in [2.45, 2.75) is 36.7 Å². The Hall–Kier alpha value is -2.13. The number of urea groups is 1. The fourth-order valence-corrected chi connectivity index (χ4v) is 5.38. The van der Waals surface area contributed by atoms with Crippen molar-refractivity contribution in [1.82, 2.24) is 14.5 Å². The molecule has 1 saturated heterocycles. The number of hydrogen-bond donors (Lipinski definition) is 1. The monoisotopic (exact) mass is 476 g/mol. The molecule has 2 aromatic rings. The van der Waals surface area contributed by atoms with Gasteiger partial charge >= 0.3 is 6.03 Å². The minimum absolute atomic E-state index is 0.108. The second kappa shape index (κ2) is 9.39. The van der Waals surface area contributed by atoms with Crippen LogP contribution in [0.25, 0.3) is 0 Å². The van der Waals surface area contributed by atoms with Crippen LogP contribution in [-0.2, 0) is 23.0 Å². The summed E-state index contributed by atoms with van der Waals surface area (Å²) in [5.41, 5.74) is 2.92. The van der Waals surface area contributed by atoms with E-state index in [0.717, 1.165) is 48.7 Å². The van der Waals surface area contributed by atoms with E-state index >= 15 is 0 Å². The summed E-state index contributed by atoms with van der Waals surface area (Å²) >= 11 is 5.96. The standard InChI is InChI=1S/C23H29ClN4O3S/c1-26(2)32(30,31)21-7-8-22-18(15-21)9-14-28(22)23(29)25-20-10-12-27(13-11-20)16-17-3-5-19(24)6-4-17/h3-8,15,20H,9-14,16H2,1-2H3,(H,25,29). The average Bonchev–Trinajstić information content (AvgIpc) is 3.20. The molecular formula is C23H29ClN4O3S. The lowest BCUT2D eigenvalue weighted by Gasteiger charge is -2.33. The predicted molar refractivity (Wildman–Crippen MR) is 127 cm³/mol. The molecule has 2 aromatic carbocycles. The number of carbonyl (C=O) groups excluding carboxylic acids is 1. The van der Waals surface area contributed by atoms with Crippen molar-refractivity contribution in [3.63, 3.8) is 0 Å². The molecule has 172 valence electrons. The topological polar surface area (TPSA) is 73.0 Å². The van der Waals surface area contributed by atoms with Crippen molar-refractivity contribution in [3.8, 4) is 0 Å². The number of nitrogens with zero attached hydrogens (tertiary/aromatic N) is 3. The molecule has 7 nitrogen and oxygen atoms in total. The zero-order chi connectivity index (χ0) is 22.9. The second-order valence-corrected chi connectivity index (χ2v) is 11.2. The molecule has 2 aliphatic heterocycles. The molecule has 0 saturated carbocycles. The van der Waals surface area contributed by atoms with E-state index in [4.69, 9.17) is 11.6 Å². The van der Waals surface area contributed by atoms with Crippen LogP contribution in [0.4, 0.5) is 10.5 Å². The summed E-state index contributed by atoms with van der Waals surface area (Å²) in [7, 11) is -0.452. The first-order chi connectivity index (χ1) is 15.2. The van der Waals surface area contributed by atoms with E-state index in [-0.39, 0.29) is 17.0 Å². The smallest absolute Gasteiger partial charge is 0.322 e. The quantitative estimate of drug-likeness (QED) is 0.718. The van der Waals surface area contributed by atoms with Crippen LogP contribution in [0.15, 0.2) is 47.4 Å². The fraction of sp³-hybridized carbons (Fsp3) is 0.435. The van der Waals surface area contributed by atoms with Crippen molar-refractivity contribution in [2.24, 2.45) is 0 Å². The van der Waals surface area contributed by atoms with Gasteiger partial charge in [0.2, 0.25) is 10.0 Å². The SMILES string of the molecule is CN(C)S(=O)(=O)c1ccc2c(c1)CCN2C(=O)NC1CCN(Cc2ccc(Cl)cc2)CC1. The number of sulfonamides is 1. The molecule has 9 heteroatoms. The first-order valence-corrected chi connectivity index (χ1v) is 12.7. The van der Waals surface area contributed by atoms with E-state index < -0.39 is 10.0 Å². The third-order valence-electron chi connectivity index (χ3n) is 6.20. The Kier molecular flexibility index (Phi) is 6.76. The molecule has 0 spiro atoms. The molecule has 0 bridgehead atoms. The van der Waals surface area contributed by atoms with Crippen LogP contribution in [0.5, 0.6) is 0 Å². The number of nitrogens with one attached hydrogen (secondary N) is 1. The Morgan fingerprint density at radius 1 is 1.09 bits per heavy atom. The van der Waals surface area contributed by atoms with Crippen LogP contribution < -0.4 is 10.2 Å². The van der Waals surface area contributed by atoms with Gasteiger partial charge in [-0.25, -0.2) is 17.5 Å². The minimum atomic E-state index is -3.49. The summed E-state index contributed by atoms with van der Waals surface area (Å²) in [6.07, 6.45) is 2.46.